The third-order valence-corrected chi connectivity index (χ3v) is 3.21. The van der Waals surface area contributed by atoms with Gasteiger partial charge in [0.2, 0.25) is 0 Å². The summed E-state index contributed by atoms with van der Waals surface area (Å²) in [6.45, 7) is 5.60. The van der Waals surface area contributed by atoms with Gasteiger partial charge in [-0.2, -0.15) is 0 Å². The Labute approximate surface area is 113 Å². The van der Waals surface area contributed by atoms with Gasteiger partial charge in [0.25, 0.3) is 0 Å². The fraction of sp³-hybridized carbons (Fsp3) is 0.500. The number of anilines is 1. The molecule has 0 spiro atoms. The van der Waals surface area contributed by atoms with Gasteiger partial charge in [0, 0.05) is 0 Å². The Bertz CT molecular complexity index is 437. The zero-order valence-corrected chi connectivity index (χ0v) is 11.5. The Morgan fingerprint density at radius 1 is 1.47 bits per heavy atom. The molecule has 0 aliphatic carbocycles. The van der Waals surface area contributed by atoms with E-state index in [1.165, 1.54) is 6.07 Å². The SMILES string of the molecule is CC[C@@H](C)[C@@H](CO)NC(=O)Nc1cc(C)ccc1F. The topological polar surface area (TPSA) is 61.4 Å². The molecule has 0 saturated carbocycles. The van der Waals surface area contributed by atoms with Gasteiger partial charge in [-0.15, -0.1) is 0 Å². The van der Waals surface area contributed by atoms with E-state index in [2.05, 4.69) is 10.6 Å². The molecule has 0 unspecified atom stereocenters. The van der Waals surface area contributed by atoms with E-state index in [4.69, 9.17) is 0 Å². The van der Waals surface area contributed by atoms with E-state index in [0.29, 0.717) is 0 Å². The minimum absolute atomic E-state index is 0.137. The minimum Gasteiger partial charge on any atom is -0.394 e. The lowest BCUT2D eigenvalue weighted by atomic mass is 10.0. The molecule has 1 rings (SSSR count). The molecule has 0 heterocycles. The van der Waals surface area contributed by atoms with Gasteiger partial charge in [-0.3, -0.25) is 0 Å². The predicted octanol–water partition coefficient (Wildman–Crippen LogP) is 2.66. The van der Waals surface area contributed by atoms with Gasteiger partial charge in [0.05, 0.1) is 18.3 Å². The van der Waals surface area contributed by atoms with E-state index >= 15 is 0 Å². The zero-order valence-electron chi connectivity index (χ0n) is 11.5. The second-order valence-electron chi connectivity index (χ2n) is 4.76. The average Bonchev–Trinajstić information content (AvgIpc) is 2.39. The number of aliphatic hydroxyl groups excluding tert-OH is 1. The minimum atomic E-state index is -0.510. The fourth-order valence-electron chi connectivity index (χ4n) is 1.71. The first-order valence-corrected chi connectivity index (χ1v) is 6.42. The molecule has 19 heavy (non-hydrogen) atoms. The molecular formula is C14H21FN2O2. The van der Waals surface area contributed by atoms with Crippen molar-refractivity contribution in [3.63, 3.8) is 0 Å². The highest BCUT2D eigenvalue weighted by Crippen LogP contribution is 2.15. The second kappa shape index (κ2) is 7.09. The number of benzene rings is 1. The molecule has 5 heteroatoms. The Balaban J connectivity index is 2.66. The average molecular weight is 268 g/mol. The van der Waals surface area contributed by atoms with Gasteiger partial charge in [0.1, 0.15) is 5.82 Å². The quantitative estimate of drug-likeness (QED) is 0.769. The number of carbonyl (C=O) groups is 1. The molecule has 0 aliphatic rings. The Kier molecular flexibility index (Phi) is 5.76. The number of hydrogen-bond acceptors (Lipinski definition) is 2. The maximum absolute atomic E-state index is 13.5. The summed E-state index contributed by atoms with van der Waals surface area (Å²) in [5.74, 6) is -0.331. The van der Waals surface area contributed by atoms with Crippen molar-refractivity contribution in [2.75, 3.05) is 11.9 Å². The van der Waals surface area contributed by atoms with Crippen LogP contribution in [0.4, 0.5) is 14.9 Å². The lowest BCUT2D eigenvalue weighted by Gasteiger charge is -2.22. The van der Waals surface area contributed by atoms with Crippen LogP contribution >= 0.6 is 0 Å². The van der Waals surface area contributed by atoms with Crippen LogP contribution in [-0.2, 0) is 0 Å². The normalized spacial score (nSPS) is 13.7. The van der Waals surface area contributed by atoms with E-state index in [9.17, 15) is 14.3 Å². The summed E-state index contributed by atoms with van der Waals surface area (Å²) >= 11 is 0. The zero-order chi connectivity index (χ0) is 14.4. The monoisotopic (exact) mass is 268 g/mol. The van der Waals surface area contributed by atoms with E-state index in [1.54, 1.807) is 12.1 Å². The number of hydrogen-bond donors (Lipinski definition) is 3. The van der Waals surface area contributed by atoms with Crippen LogP contribution in [0, 0.1) is 18.7 Å². The van der Waals surface area contributed by atoms with E-state index in [-0.39, 0.29) is 24.3 Å². The van der Waals surface area contributed by atoms with Crippen molar-refractivity contribution in [2.24, 2.45) is 5.92 Å². The number of aryl methyl sites for hydroxylation is 1. The van der Waals surface area contributed by atoms with Crippen LogP contribution < -0.4 is 10.6 Å². The summed E-state index contributed by atoms with van der Waals surface area (Å²) < 4.78 is 13.5. The number of aliphatic hydroxyl groups is 1. The van der Waals surface area contributed by atoms with Crippen LogP contribution in [0.5, 0.6) is 0 Å². The lowest BCUT2D eigenvalue weighted by molar-refractivity contribution is 0.198. The molecule has 0 saturated heterocycles. The molecule has 0 bridgehead atoms. The smallest absolute Gasteiger partial charge is 0.319 e. The molecule has 0 aromatic heterocycles. The highest BCUT2D eigenvalue weighted by Gasteiger charge is 2.17. The van der Waals surface area contributed by atoms with Crippen LogP contribution in [0.1, 0.15) is 25.8 Å². The van der Waals surface area contributed by atoms with Crippen molar-refractivity contribution in [1.29, 1.82) is 0 Å². The maximum atomic E-state index is 13.5. The largest absolute Gasteiger partial charge is 0.394 e. The maximum Gasteiger partial charge on any atom is 0.319 e. The van der Waals surface area contributed by atoms with Crippen molar-refractivity contribution in [1.82, 2.24) is 5.32 Å². The summed E-state index contributed by atoms with van der Waals surface area (Å²) in [5, 5.41) is 14.3. The molecule has 0 radical (unpaired) electrons. The first-order chi connectivity index (χ1) is 8.97. The van der Waals surface area contributed by atoms with Crippen molar-refractivity contribution in [3.8, 4) is 0 Å². The van der Waals surface area contributed by atoms with Crippen molar-refractivity contribution >= 4 is 11.7 Å². The first-order valence-electron chi connectivity index (χ1n) is 6.42. The Morgan fingerprint density at radius 2 is 2.16 bits per heavy atom. The molecule has 0 fully saturated rings. The summed E-state index contributed by atoms with van der Waals surface area (Å²) in [6.07, 6.45) is 0.838. The third kappa shape index (κ3) is 4.52. The van der Waals surface area contributed by atoms with E-state index < -0.39 is 11.8 Å². The molecular weight excluding hydrogens is 247 g/mol. The third-order valence-electron chi connectivity index (χ3n) is 3.21. The lowest BCUT2D eigenvalue weighted by Crippen LogP contribution is -2.44. The Hall–Kier alpha value is -1.62. The molecule has 106 valence electrons. The number of urea groups is 1. The van der Waals surface area contributed by atoms with Gasteiger partial charge in [-0.1, -0.05) is 26.3 Å². The number of rotatable bonds is 5. The summed E-state index contributed by atoms with van der Waals surface area (Å²) in [4.78, 5) is 11.8. The number of nitrogens with one attached hydrogen (secondary N) is 2. The van der Waals surface area contributed by atoms with Gasteiger partial charge in [-0.05, 0) is 30.5 Å². The molecule has 2 amide bonds. The van der Waals surface area contributed by atoms with Crippen LogP contribution in [-0.4, -0.2) is 23.8 Å². The number of halogens is 1. The van der Waals surface area contributed by atoms with Crippen LogP contribution in [0.3, 0.4) is 0 Å². The molecule has 0 aliphatic heterocycles. The molecule has 2 atom stereocenters. The summed E-state index contributed by atoms with van der Waals surface area (Å²) in [6, 6.07) is 3.66. The molecule has 1 aromatic carbocycles. The van der Waals surface area contributed by atoms with Crippen molar-refractivity contribution < 1.29 is 14.3 Å². The molecule has 4 nitrogen and oxygen atoms in total. The number of amides is 2. The molecule has 1 aromatic rings. The number of carbonyl (C=O) groups excluding carboxylic acids is 1. The highest BCUT2D eigenvalue weighted by molar-refractivity contribution is 5.89. The summed E-state index contributed by atoms with van der Waals surface area (Å²) in [7, 11) is 0. The molecule has 3 N–H and O–H groups in total. The Morgan fingerprint density at radius 3 is 2.74 bits per heavy atom. The van der Waals surface area contributed by atoms with E-state index in [0.717, 1.165) is 12.0 Å². The van der Waals surface area contributed by atoms with Crippen LogP contribution in [0.15, 0.2) is 18.2 Å². The van der Waals surface area contributed by atoms with Crippen LogP contribution in [0.2, 0.25) is 0 Å². The van der Waals surface area contributed by atoms with Gasteiger partial charge < -0.3 is 15.7 Å². The summed E-state index contributed by atoms with van der Waals surface area (Å²) in [5.41, 5.74) is 0.996. The van der Waals surface area contributed by atoms with Crippen molar-refractivity contribution in [2.45, 2.75) is 33.2 Å². The van der Waals surface area contributed by atoms with E-state index in [1.807, 2.05) is 20.8 Å². The van der Waals surface area contributed by atoms with Crippen LogP contribution in [0.25, 0.3) is 0 Å². The second-order valence-corrected chi connectivity index (χ2v) is 4.76. The van der Waals surface area contributed by atoms with Gasteiger partial charge in [-0.25, -0.2) is 9.18 Å². The standard InChI is InChI=1S/C14H21FN2O2/c1-4-10(3)13(8-18)17-14(19)16-12-7-9(2)5-6-11(12)15/h5-7,10,13,18H,4,8H2,1-3H3,(H2,16,17,19)/t10-,13-/m1/s1. The highest BCUT2D eigenvalue weighted by atomic mass is 19.1. The van der Waals surface area contributed by atoms with Crippen molar-refractivity contribution in [3.05, 3.63) is 29.6 Å². The fourth-order valence-corrected chi connectivity index (χ4v) is 1.71. The predicted molar refractivity (Wildman–Crippen MR) is 73.6 cm³/mol. The van der Waals surface area contributed by atoms with Gasteiger partial charge >= 0.3 is 6.03 Å². The first kappa shape index (κ1) is 15.4. The van der Waals surface area contributed by atoms with Gasteiger partial charge in [0.15, 0.2) is 0 Å².